The lowest BCUT2D eigenvalue weighted by Crippen LogP contribution is -2.07. The van der Waals surface area contributed by atoms with Crippen molar-refractivity contribution in [1.29, 1.82) is 0 Å². The first kappa shape index (κ1) is 17.2. The van der Waals surface area contributed by atoms with Gasteiger partial charge in [-0.2, -0.15) is 5.10 Å². The van der Waals surface area contributed by atoms with Crippen LogP contribution in [0.15, 0.2) is 69.9 Å². The predicted octanol–water partition coefficient (Wildman–Crippen LogP) is 3.89. The third-order valence-electron chi connectivity index (χ3n) is 3.76. The molecule has 3 aromatic rings. The van der Waals surface area contributed by atoms with E-state index in [1.165, 1.54) is 4.90 Å². The van der Waals surface area contributed by atoms with Gasteiger partial charge in [0.2, 0.25) is 0 Å². The molecule has 0 unspecified atom stereocenters. The third-order valence-corrected chi connectivity index (χ3v) is 4.89. The topological polar surface area (TPSA) is 69.1 Å². The van der Waals surface area contributed by atoms with Gasteiger partial charge in [-0.3, -0.25) is 4.98 Å². The van der Waals surface area contributed by atoms with Crippen LogP contribution in [0.1, 0.15) is 36.8 Å². The summed E-state index contributed by atoms with van der Waals surface area (Å²) >= 11 is 1.72. The third kappa shape index (κ3) is 4.09. The van der Waals surface area contributed by atoms with Crippen LogP contribution in [-0.4, -0.2) is 20.7 Å². The SMILES string of the molecule is CC(C)c1nc(C=NN)n(Cc2ccncc2)c1Sc1ccccc1. The van der Waals surface area contributed by atoms with Gasteiger partial charge >= 0.3 is 0 Å². The van der Waals surface area contributed by atoms with E-state index >= 15 is 0 Å². The molecule has 0 bridgehead atoms. The Hall–Kier alpha value is -2.60. The molecule has 0 atom stereocenters. The zero-order chi connectivity index (χ0) is 17.6. The van der Waals surface area contributed by atoms with Crippen LogP contribution in [0, 0.1) is 0 Å². The van der Waals surface area contributed by atoms with E-state index in [-0.39, 0.29) is 0 Å². The van der Waals surface area contributed by atoms with Crippen LogP contribution >= 0.6 is 11.8 Å². The second kappa shape index (κ2) is 7.98. The van der Waals surface area contributed by atoms with Crippen molar-refractivity contribution in [3.05, 3.63) is 71.9 Å². The average molecular weight is 351 g/mol. The molecule has 0 saturated carbocycles. The van der Waals surface area contributed by atoms with Crippen molar-refractivity contribution in [2.75, 3.05) is 0 Å². The van der Waals surface area contributed by atoms with Gasteiger partial charge in [0.15, 0.2) is 5.82 Å². The molecular formula is C19H21N5S. The number of aromatic nitrogens is 3. The molecule has 0 saturated heterocycles. The fourth-order valence-corrected chi connectivity index (χ4v) is 3.72. The number of hydrazone groups is 1. The highest BCUT2D eigenvalue weighted by Crippen LogP contribution is 2.34. The Labute approximate surface area is 152 Å². The minimum Gasteiger partial charge on any atom is -0.323 e. The van der Waals surface area contributed by atoms with Gasteiger partial charge in [0.1, 0.15) is 5.03 Å². The molecule has 0 spiro atoms. The summed E-state index contributed by atoms with van der Waals surface area (Å²) in [6.07, 6.45) is 5.22. The monoisotopic (exact) mass is 351 g/mol. The van der Waals surface area contributed by atoms with Crippen LogP contribution in [0.4, 0.5) is 0 Å². The molecule has 0 aliphatic heterocycles. The highest BCUT2D eigenvalue weighted by Gasteiger charge is 2.20. The summed E-state index contributed by atoms with van der Waals surface area (Å²) in [7, 11) is 0. The Kier molecular flexibility index (Phi) is 5.50. The van der Waals surface area contributed by atoms with Crippen LogP contribution in [0.5, 0.6) is 0 Å². The Morgan fingerprint density at radius 3 is 2.52 bits per heavy atom. The van der Waals surface area contributed by atoms with E-state index < -0.39 is 0 Å². The maximum Gasteiger partial charge on any atom is 0.154 e. The van der Waals surface area contributed by atoms with Gasteiger partial charge in [0.25, 0.3) is 0 Å². The molecule has 2 heterocycles. The summed E-state index contributed by atoms with van der Waals surface area (Å²) in [5, 5.41) is 4.82. The summed E-state index contributed by atoms with van der Waals surface area (Å²) in [6.45, 7) is 4.99. The van der Waals surface area contributed by atoms with Crippen LogP contribution < -0.4 is 5.84 Å². The van der Waals surface area contributed by atoms with E-state index in [0.717, 1.165) is 22.1 Å². The van der Waals surface area contributed by atoms with Crippen molar-refractivity contribution in [2.45, 2.75) is 36.2 Å². The van der Waals surface area contributed by atoms with Crippen molar-refractivity contribution < 1.29 is 0 Å². The minimum atomic E-state index is 0.301. The zero-order valence-corrected chi connectivity index (χ0v) is 15.1. The molecule has 1 aromatic carbocycles. The van der Waals surface area contributed by atoms with Crippen molar-refractivity contribution in [2.24, 2.45) is 10.9 Å². The minimum absolute atomic E-state index is 0.301. The number of imidazole rings is 1. The molecular weight excluding hydrogens is 330 g/mol. The summed E-state index contributed by atoms with van der Waals surface area (Å²) in [4.78, 5) is 10.1. The van der Waals surface area contributed by atoms with Gasteiger partial charge < -0.3 is 10.4 Å². The fourth-order valence-electron chi connectivity index (χ4n) is 2.55. The number of pyridine rings is 1. The molecule has 128 valence electrons. The van der Waals surface area contributed by atoms with Gasteiger partial charge in [-0.1, -0.05) is 43.8 Å². The predicted molar refractivity (Wildman–Crippen MR) is 102 cm³/mol. The van der Waals surface area contributed by atoms with Crippen molar-refractivity contribution >= 4 is 18.0 Å². The van der Waals surface area contributed by atoms with E-state index in [1.54, 1.807) is 30.4 Å². The van der Waals surface area contributed by atoms with Crippen molar-refractivity contribution in [1.82, 2.24) is 14.5 Å². The number of hydrogen-bond acceptors (Lipinski definition) is 5. The average Bonchev–Trinajstić information content (AvgIpc) is 2.95. The first-order chi connectivity index (χ1) is 12.2. The highest BCUT2D eigenvalue weighted by atomic mass is 32.2. The zero-order valence-electron chi connectivity index (χ0n) is 14.3. The summed E-state index contributed by atoms with van der Waals surface area (Å²) < 4.78 is 2.17. The maximum atomic E-state index is 5.41. The Balaban J connectivity index is 2.08. The van der Waals surface area contributed by atoms with Gasteiger partial charge in [0, 0.05) is 17.3 Å². The fraction of sp³-hybridized carbons (Fsp3) is 0.211. The molecule has 0 radical (unpaired) electrons. The number of nitrogens with two attached hydrogens (primary N) is 1. The largest absolute Gasteiger partial charge is 0.323 e. The normalized spacial score (nSPS) is 11.5. The van der Waals surface area contributed by atoms with E-state index in [0.29, 0.717) is 12.5 Å². The second-order valence-corrected chi connectivity index (χ2v) is 7.01. The van der Waals surface area contributed by atoms with Crippen LogP contribution in [0.25, 0.3) is 0 Å². The summed E-state index contributed by atoms with van der Waals surface area (Å²) in [5.41, 5.74) is 2.21. The van der Waals surface area contributed by atoms with Gasteiger partial charge in [-0.05, 0) is 35.7 Å². The summed E-state index contributed by atoms with van der Waals surface area (Å²) in [5.74, 6) is 6.48. The molecule has 3 rings (SSSR count). The Bertz CT molecular complexity index is 841. The van der Waals surface area contributed by atoms with E-state index in [2.05, 4.69) is 40.6 Å². The standard InChI is InChI=1S/C19H21N5S/c1-14(2)18-19(25-16-6-4-3-5-7-16)24(17(23-18)12-22-20)13-15-8-10-21-11-9-15/h3-12,14H,13,20H2,1-2H3. The summed E-state index contributed by atoms with van der Waals surface area (Å²) in [6, 6.07) is 14.3. The Morgan fingerprint density at radius 1 is 1.16 bits per heavy atom. The maximum absolute atomic E-state index is 5.41. The lowest BCUT2D eigenvalue weighted by atomic mass is 10.1. The first-order valence-electron chi connectivity index (χ1n) is 8.14. The number of rotatable bonds is 6. The Morgan fingerprint density at radius 2 is 1.88 bits per heavy atom. The number of nitrogens with zero attached hydrogens (tertiary/aromatic N) is 4. The molecule has 6 heteroatoms. The molecule has 2 N–H and O–H groups in total. The highest BCUT2D eigenvalue weighted by molar-refractivity contribution is 7.99. The molecule has 0 aliphatic rings. The lowest BCUT2D eigenvalue weighted by Gasteiger charge is -2.12. The van der Waals surface area contributed by atoms with E-state index in [4.69, 9.17) is 10.8 Å². The van der Waals surface area contributed by atoms with Crippen molar-refractivity contribution in [3.63, 3.8) is 0 Å². The lowest BCUT2D eigenvalue weighted by molar-refractivity contribution is 0.704. The first-order valence-corrected chi connectivity index (χ1v) is 8.96. The smallest absolute Gasteiger partial charge is 0.154 e. The van der Waals surface area contributed by atoms with Crippen LogP contribution in [0.2, 0.25) is 0 Å². The molecule has 5 nitrogen and oxygen atoms in total. The molecule has 0 aliphatic carbocycles. The van der Waals surface area contributed by atoms with Gasteiger partial charge in [-0.15, -0.1) is 0 Å². The van der Waals surface area contributed by atoms with Crippen LogP contribution in [0.3, 0.4) is 0 Å². The molecule has 25 heavy (non-hydrogen) atoms. The number of hydrogen-bond donors (Lipinski definition) is 1. The van der Waals surface area contributed by atoms with E-state index in [1.807, 2.05) is 30.3 Å². The molecule has 0 fully saturated rings. The molecule has 0 amide bonds. The number of benzene rings is 1. The second-order valence-electron chi connectivity index (χ2n) is 5.95. The van der Waals surface area contributed by atoms with Gasteiger partial charge in [-0.25, -0.2) is 4.98 Å². The van der Waals surface area contributed by atoms with Crippen molar-refractivity contribution in [3.8, 4) is 0 Å². The van der Waals surface area contributed by atoms with Crippen LogP contribution in [-0.2, 0) is 6.54 Å². The van der Waals surface area contributed by atoms with Gasteiger partial charge in [0.05, 0.1) is 18.5 Å². The van der Waals surface area contributed by atoms with E-state index in [9.17, 15) is 0 Å². The quantitative estimate of drug-likeness (QED) is 0.415. The molecule has 2 aromatic heterocycles.